The molecule has 0 spiro atoms. The maximum absolute atomic E-state index is 10.9. The second kappa shape index (κ2) is 4.69. The van der Waals surface area contributed by atoms with Crippen LogP contribution in [0.4, 0.5) is 0 Å². The summed E-state index contributed by atoms with van der Waals surface area (Å²) in [6.07, 6.45) is 0.337. The summed E-state index contributed by atoms with van der Waals surface area (Å²) >= 11 is 0. The molecule has 0 fully saturated rings. The van der Waals surface area contributed by atoms with Gasteiger partial charge in [0.05, 0.1) is 7.11 Å². The molecule has 0 rings (SSSR count). The van der Waals surface area contributed by atoms with Gasteiger partial charge in [-0.05, 0) is 6.92 Å². The number of rotatable bonds is 4. The summed E-state index contributed by atoms with van der Waals surface area (Å²) in [5.74, 6) is -1.20. The van der Waals surface area contributed by atoms with Gasteiger partial charge in [0.1, 0.15) is 5.92 Å². The van der Waals surface area contributed by atoms with Crippen LogP contribution in [0, 0.1) is 16.0 Å². The van der Waals surface area contributed by atoms with E-state index in [0.717, 1.165) is 0 Å². The zero-order chi connectivity index (χ0) is 9.72. The molecule has 5 heteroatoms. The Morgan fingerprint density at radius 3 is 2.42 bits per heavy atom. The highest BCUT2D eigenvalue weighted by Gasteiger charge is 2.32. The normalized spacial score (nSPS) is 14.9. The molecule has 0 aromatic heterocycles. The minimum atomic E-state index is -0.836. The number of carbonyl (C=O) groups excluding carboxylic acids is 1. The third kappa shape index (κ3) is 2.48. The Labute approximate surface area is 70.9 Å². The van der Waals surface area contributed by atoms with E-state index in [1.807, 2.05) is 0 Å². The van der Waals surface area contributed by atoms with Crippen LogP contribution < -0.4 is 0 Å². The molecular weight excluding hydrogens is 162 g/mol. The average molecular weight is 175 g/mol. The van der Waals surface area contributed by atoms with Crippen LogP contribution in [0.3, 0.4) is 0 Å². The lowest BCUT2D eigenvalue weighted by molar-refractivity contribution is -0.529. The summed E-state index contributed by atoms with van der Waals surface area (Å²) in [4.78, 5) is 20.8. The predicted octanol–water partition coefficient (Wildman–Crippen LogP) is 0.851. The molecule has 0 aliphatic heterocycles. The molecule has 70 valence electrons. The highest BCUT2D eigenvalue weighted by molar-refractivity contribution is 5.72. The van der Waals surface area contributed by atoms with Gasteiger partial charge < -0.3 is 4.74 Å². The number of esters is 1. The minimum Gasteiger partial charge on any atom is -0.469 e. The van der Waals surface area contributed by atoms with Gasteiger partial charge in [0.2, 0.25) is 6.04 Å². The van der Waals surface area contributed by atoms with Crippen molar-refractivity contribution in [2.45, 2.75) is 26.3 Å². The highest BCUT2D eigenvalue weighted by Crippen LogP contribution is 2.11. The Morgan fingerprint density at radius 2 is 2.17 bits per heavy atom. The van der Waals surface area contributed by atoms with Gasteiger partial charge in [0, 0.05) is 11.3 Å². The van der Waals surface area contributed by atoms with Gasteiger partial charge in [-0.3, -0.25) is 14.9 Å². The largest absolute Gasteiger partial charge is 0.469 e. The number of methoxy groups -OCH3 is 1. The Kier molecular flexibility index (Phi) is 4.25. The van der Waals surface area contributed by atoms with Crippen LogP contribution in [0.5, 0.6) is 0 Å². The molecule has 0 N–H and O–H groups in total. The Balaban J connectivity index is 4.30. The summed E-state index contributed by atoms with van der Waals surface area (Å²) in [6, 6.07) is -0.836. The summed E-state index contributed by atoms with van der Waals surface area (Å²) in [6.45, 7) is 3.18. The monoisotopic (exact) mass is 175 g/mol. The molecule has 0 saturated heterocycles. The van der Waals surface area contributed by atoms with Crippen molar-refractivity contribution in [1.82, 2.24) is 0 Å². The maximum atomic E-state index is 10.9. The predicted molar refractivity (Wildman–Crippen MR) is 42.3 cm³/mol. The summed E-state index contributed by atoms with van der Waals surface area (Å²) < 4.78 is 4.40. The lowest BCUT2D eigenvalue weighted by Gasteiger charge is -2.12. The van der Waals surface area contributed by atoms with Crippen LogP contribution in [0.25, 0.3) is 0 Å². The molecular formula is C7H13NO4. The number of ether oxygens (including phenoxy) is 1. The molecule has 2 unspecified atom stereocenters. The van der Waals surface area contributed by atoms with E-state index >= 15 is 0 Å². The van der Waals surface area contributed by atoms with Crippen molar-refractivity contribution in [3.8, 4) is 0 Å². The van der Waals surface area contributed by atoms with E-state index in [4.69, 9.17) is 0 Å². The first-order valence-corrected chi connectivity index (χ1v) is 3.75. The molecule has 0 radical (unpaired) electrons. The Hall–Kier alpha value is -1.13. The zero-order valence-corrected chi connectivity index (χ0v) is 7.44. The molecule has 2 atom stereocenters. The van der Waals surface area contributed by atoms with Crippen LogP contribution >= 0.6 is 0 Å². The molecule has 5 nitrogen and oxygen atoms in total. The quantitative estimate of drug-likeness (QED) is 0.361. The van der Waals surface area contributed by atoms with Crippen molar-refractivity contribution >= 4 is 5.97 Å². The number of carbonyl (C=O) groups is 1. The molecule has 0 aromatic rings. The van der Waals surface area contributed by atoms with Gasteiger partial charge in [-0.2, -0.15) is 0 Å². The molecule has 0 amide bonds. The first-order chi connectivity index (χ1) is 5.54. The Morgan fingerprint density at radius 1 is 1.67 bits per heavy atom. The molecule has 0 bridgehead atoms. The number of nitrogens with zero attached hydrogens (tertiary/aromatic N) is 1. The lowest BCUT2D eigenvalue weighted by atomic mass is 10.0. The fraction of sp³-hybridized carbons (Fsp3) is 0.857. The van der Waals surface area contributed by atoms with Crippen LogP contribution in [-0.2, 0) is 9.53 Å². The average Bonchev–Trinajstić information content (AvgIpc) is 2.03. The van der Waals surface area contributed by atoms with E-state index in [2.05, 4.69) is 4.74 Å². The van der Waals surface area contributed by atoms with Gasteiger partial charge in [-0.1, -0.05) is 6.92 Å². The standard InChI is InChI=1S/C7H13NO4/c1-4-6(8(10)11)5(2)7(9)12-3/h5-6H,4H2,1-3H3. The first kappa shape index (κ1) is 10.9. The molecule has 0 aliphatic rings. The van der Waals surface area contributed by atoms with E-state index in [0.29, 0.717) is 6.42 Å². The fourth-order valence-electron chi connectivity index (χ4n) is 1.03. The van der Waals surface area contributed by atoms with Crippen molar-refractivity contribution in [3.63, 3.8) is 0 Å². The van der Waals surface area contributed by atoms with Crippen molar-refractivity contribution in [3.05, 3.63) is 10.1 Å². The van der Waals surface area contributed by atoms with Gasteiger partial charge in [-0.15, -0.1) is 0 Å². The van der Waals surface area contributed by atoms with Crippen molar-refractivity contribution < 1.29 is 14.5 Å². The van der Waals surface area contributed by atoms with Gasteiger partial charge >= 0.3 is 5.97 Å². The lowest BCUT2D eigenvalue weighted by Crippen LogP contribution is -2.32. The zero-order valence-electron chi connectivity index (χ0n) is 7.44. The van der Waals surface area contributed by atoms with Crippen LogP contribution in [0.1, 0.15) is 20.3 Å². The second-order valence-corrected chi connectivity index (χ2v) is 2.57. The van der Waals surface area contributed by atoms with E-state index in [9.17, 15) is 14.9 Å². The van der Waals surface area contributed by atoms with Crippen molar-refractivity contribution in [2.24, 2.45) is 5.92 Å². The highest BCUT2D eigenvalue weighted by atomic mass is 16.6. The van der Waals surface area contributed by atoms with E-state index in [1.54, 1.807) is 6.92 Å². The van der Waals surface area contributed by atoms with Gasteiger partial charge in [-0.25, -0.2) is 0 Å². The van der Waals surface area contributed by atoms with E-state index in [1.165, 1.54) is 14.0 Å². The van der Waals surface area contributed by atoms with E-state index < -0.39 is 22.9 Å². The molecule has 12 heavy (non-hydrogen) atoms. The topological polar surface area (TPSA) is 69.4 Å². The number of hydrogen-bond acceptors (Lipinski definition) is 4. The smallest absolute Gasteiger partial charge is 0.315 e. The second-order valence-electron chi connectivity index (χ2n) is 2.57. The molecule has 0 aliphatic carbocycles. The van der Waals surface area contributed by atoms with Gasteiger partial charge in [0.25, 0.3) is 0 Å². The Bertz CT molecular complexity index is 180. The van der Waals surface area contributed by atoms with Gasteiger partial charge in [0.15, 0.2) is 0 Å². The van der Waals surface area contributed by atoms with Crippen LogP contribution in [-0.4, -0.2) is 24.0 Å². The van der Waals surface area contributed by atoms with E-state index in [-0.39, 0.29) is 0 Å². The summed E-state index contributed by atoms with van der Waals surface area (Å²) in [7, 11) is 1.23. The molecule has 0 aromatic carbocycles. The van der Waals surface area contributed by atoms with Crippen LogP contribution in [0.15, 0.2) is 0 Å². The molecule has 0 heterocycles. The third-order valence-electron chi connectivity index (χ3n) is 1.84. The number of hydrogen-bond donors (Lipinski definition) is 0. The first-order valence-electron chi connectivity index (χ1n) is 3.75. The summed E-state index contributed by atoms with van der Waals surface area (Å²) in [5, 5.41) is 10.4. The van der Waals surface area contributed by atoms with Crippen LogP contribution in [0.2, 0.25) is 0 Å². The summed E-state index contributed by atoms with van der Waals surface area (Å²) in [5.41, 5.74) is 0. The third-order valence-corrected chi connectivity index (χ3v) is 1.84. The maximum Gasteiger partial charge on any atom is 0.315 e. The van der Waals surface area contributed by atoms with Crippen molar-refractivity contribution in [2.75, 3.05) is 7.11 Å². The van der Waals surface area contributed by atoms with Crippen molar-refractivity contribution in [1.29, 1.82) is 0 Å². The molecule has 0 saturated carbocycles. The SMILES string of the molecule is CCC(C(C)C(=O)OC)[N+](=O)[O-]. The number of nitro groups is 1. The minimum absolute atomic E-state index is 0.337. The fourth-order valence-corrected chi connectivity index (χ4v) is 1.03.